The van der Waals surface area contributed by atoms with Crippen LogP contribution >= 0.6 is 0 Å². The average Bonchev–Trinajstić information content (AvgIpc) is 3.03. The van der Waals surface area contributed by atoms with Gasteiger partial charge >= 0.3 is 5.97 Å². The summed E-state index contributed by atoms with van der Waals surface area (Å²) in [4.78, 5) is 10.9. The van der Waals surface area contributed by atoms with E-state index in [1.165, 1.54) is 0 Å². The minimum atomic E-state index is -0.742. The summed E-state index contributed by atoms with van der Waals surface area (Å²) in [7, 11) is 0. The van der Waals surface area contributed by atoms with Gasteiger partial charge in [-0.3, -0.25) is 4.79 Å². The van der Waals surface area contributed by atoms with Gasteiger partial charge in [-0.1, -0.05) is 18.2 Å². The van der Waals surface area contributed by atoms with Crippen LogP contribution in [-0.2, 0) is 4.79 Å². The number of para-hydroxylation sites is 1. The Morgan fingerprint density at radius 1 is 1.40 bits per heavy atom. The van der Waals surface area contributed by atoms with E-state index in [-0.39, 0.29) is 12.5 Å². The fourth-order valence-corrected chi connectivity index (χ4v) is 1.61. The maximum atomic E-state index is 10.9. The molecule has 80 valence electrons. The Morgan fingerprint density at radius 3 is 2.60 bits per heavy atom. The molecule has 0 radical (unpaired) electrons. The van der Waals surface area contributed by atoms with Crippen molar-refractivity contribution in [2.24, 2.45) is 11.8 Å². The molecule has 2 rings (SSSR count). The van der Waals surface area contributed by atoms with E-state index in [2.05, 4.69) is 0 Å². The summed E-state index contributed by atoms with van der Waals surface area (Å²) in [5.41, 5.74) is 0. The predicted octanol–water partition coefficient (Wildman–Crippen LogP) is 2.18. The van der Waals surface area contributed by atoms with Crippen molar-refractivity contribution in [1.82, 2.24) is 0 Å². The molecule has 3 nitrogen and oxygen atoms in total. The van der Waals surface area contributed by atoms with E-state index in [0.29, 0.717) is 5.92 Å². The first-order chi connectivity index (χ1) is 7.27. The number of rotatable bonds is 5. The number of carboxylic acid groups (broad SMARTS) is 1. The molecule has 15 heavy (non-hydrogen) atoms. The Kier molecular flexibility index (Phi) is 2.90. The third-order valence-electron chi connectivity index (χ3n) is 2.68. The predicted molar refractivity (Wildman–Crippen MR) is 55.8 cm³/mol. The summed E-state index contributed by atoms with van der Waals surface area (Å²) in [5.74, 6) is -0.0192. The van der Waals surface area contributed by atoms with Crippen molar-refractivity contribution in [3.8, 4) is 5.75 Å². The molecule has 0 aliphatic heterocycles. The Balaban J connectivity index is 1.88. The molecule has 1 aromatic rings. The monoisotopic (exact) mass is 206 g/mol. The number of ether oxygens (including phenoxy) is 1. The van der Waals surface area contributed by atoms with Crippen LogP contribution in [0.1, 0.15) is 12.8 Å². The molecule has 0 bridgehead atoms. The third kappa shape index (κ3) is 2.72. The van der Waals surface area contributed by atoms with Gasteiger partial charge in [0, 0.05) is 0 Å². The molecule has 3 heteroatoms. The lowest BCUT2D eigenvalue weighted by atomic mass is 10.1. The van der Waals surface area contributed by atoms with Gasteiger partial charge in [-0.2, -0.15) is 0 Å². The Labute approximate surface area is 88.7 Å². The maximum absolute atomic E-state index is 10.9. The summed E-state index contributed by atoms with van der Waals surface area (Å²) >= 11 is 0. The van der Waals surface area contributed by atoms with Crippen molar-refractivity contribution in [1.29, 1.82) is 0 Å². The van der Waals surface area contributed by atoms with Gasteiger partial charge in [0.15, 0.2) is 0 Å². The zero-order valence-corrected chi connectivity index (χ0v) is 8.43. The highest BCUT2D eigenvalue weighted by atomic mass is 16.5. The van der Waals surface area contributed by atoms with Gasteiger partial charge < -0.3 is 9.84 Å². The van der Waals surface area contributed by atoms with Crippen LogP contribution in [0.4, 0.5) is 0 Å². The molecule has 0 aromatic heterocycles. The second-order valence-electron chi connectivity index (χ2n) is 3.91. The molecule has 1 atom stereocenters. The fourth-order valence-electron chi connectivity index (χ4n) is 1.61. The average molecular weight is 206 g/mol. The third-order valence-corrected chi connectivity index (χ3v) is 2.68. The molecule has 0 spiro atoms. The second-order valence-corrected chi connectivity index (χ2v) is 3.91. The first-order valence-corrected chi connectivity index (χ1v) is 5.18. The minimum absolute atomic E-state index is 0.282. The van der Waals surface area contributed by atoms with Crippen LogP contribution in [0.25, 0.3) is 0 Å². The van der Waals surface area contributed by atoms with Crippen LogP contribution in [0.5, 0.6) is 5.75 Å². The SMILES string of the molecule is O=C(O)C(COc1ccccc1)C1CC1. The smallest absolute Gasteiger partial charge is 0.310 e. The summed E-state index contributed by atoms with van der Waals surface area (Å²) in [6.07, 6.45) is 2.05. The number of carbonyl (C=O) groups is 1. The number of hydrogen-bond acceptors (Lipinski definition) is 2. The zero-order chi connectivity index (χ0) is 10.7. The van der Waals surface area contributed by atoms with Crippen LogP contribution in [0.3, 0.4) is 0 Å². The van der Waals surface area contributed by atoms with E-state index in [9.17, 15) is 4.79 Å². The Bertz CT molecular complexity index is 330. The lowest BCUT2D eigenvalue weighted by molar-refractivity contribution is -0.143. The molecule has 1 fully saturated rings. The summed E-state index contributed by atoms with van der Waals surface area (Å²) < 4.78 is 5.45. The Hall–Kier alpha value is -1.51. The van der Waals surface area contributed by atoms with Gasteiger partial charge in [0.25, 0.3) is 0 Å². The van der Waals surface area contributed by atoms with Crippen molar-refractivity contribution in [3.05, 3.63) is 30.3 Å². The van der Waals surface area contributed by atoms with Crippen molar-refractivity contribution in [2.75, 3.05) is 6.61 Å². The first kappa shape index (κ1) is 10.0. The van der Waals surface area contributed by atoms with Gasteiger partial charge in [-0.05, 0) is 30.9 Å². The summed E-state index contributed by atoms with van der Waals surface area (Å²) in [5, 5.41) is 8.98. The topological polar surface area (TPSA) is 46.5 Å². The molecule has 1 aliphatic rings. The minimum Gasteiger partial charge on any atom is -0.493 e. The standard InChI is InChI=1S/C12H14O3/c13-12(14)11(9-6-7-9)8-15-10-4-2-1-3-5-10/h1-5,9,11H,6-8H2,(H,13,14). The van der Waals surface area contributed by atoms with Gasteiger partial charge in [0.05, 0.1) is 5.92 Å². The molecular formula is C12H14O3. The summed E-state index contributed by atoms with van der Waals surface area (Å²) in [6, 6.07) is 9.34. The molecule has 0 heterocycles. The second kappa shape index (κ2) is 4.34. The molecule has 1 unspecified atom stereocenters. The van der Waals surface area contributed by atoms with E-state index in [4.69, 9.17) is 9.84 Å². The number of carboxylic acids is 1. The molecule has 0 saturated heterocycles. The van der Waals surface area contributed by atoms with Gasteiger partial charge in [0.1, 0.15) is 12.4 Å². The molecule has 1 N–H and O–H groups in total. The highest BCUT2D eigenvalue weighted by molar-refractivity contribution is 5.71. The molecule has 0 amide bonds. The van der Waals surface area contributed by atoms with E-state index in [0.717, 1.165) is 18.6 Å². The largest absolute Gasteiger partial charge is 0.493 e. The first-order valence-electron chi connectivity index (χ1n) is 5.18. The van der Waals surface area contributed by atoms with Crippen LogP contribution in [0, 0.1) is 11.8 Å². The van der Waals surface area contributed by atoms with Crippen LogP contribution in [0.2, 0.25) is 0 Å². The van der Waals surface area contributed by atoms with Gasteiger partial charge in [-0.15, -0.1) is 0 Å². The fraction of sp³-hybridized carbons (Fsp3) is 0.417. The highest BCUT2D eigenvalue weighted by Crippen LogP contribution is 2.37. The lowest BCUT2D eigenvalue weighted by Gasteiger charge is -2.12. The molecular weight excluding hydrogens is 192 g/mol. The van der Waals surface area contributed by atoms with E-state index in [1.54, 1.807) is 0 Å². The van der Waals surface area contributed by atoms with E-state index < -0.39 is 5.97 Å². The van der Waals surface area contributed by atoms with Crippen molar-refractivity contribution < 1.29 is 14.6 Å². The van der Waals surface area contributed by atoms with Crippen LogP contribution in [-0.4, -0.2) is 17.7 Å². The molecule has 1 saturated carbocycles. The molecule has 1 aromatic carbocycles. The summed E-state index contributed by atoms with van der Waals surface area (Å²) in [6.45, 7) is 0.282. The van der Waals surface area contributed by atoms with Crippen molar-refractivity contribution in [2.45, 2.75) is 12.8 Å². The van der Waals surface area contributed by atoms with Gasteiger partial charge in [-0.25, -0.2) is 0 Å². The lowest BCUT2D eigenvalue weighted by Crippen LogP contribution is -2.23. The van der Waals surface area contributed by atoms with E-state index in [1.807, 2.05) is 30.3 Å². The van der Waals surface area contributed by atoms with Crippen LogP contribution < -0.4 is 4.74 Å². The maximum Gasteiger partial charge on any atom is 0.310 e. The normalized spacial score (nSPS) is 17.1. The highest BCUT2D eigenvalue weighted by Gasteiger charge is 2.36. The Morgan fingerprint density at radius 2 is 2.07 bits per heavy atom. The van der Waals surface area contributed by atoms with E-state index >= 15 is 0 Å². The van der Waals surface area contributed by atoms with Crippen molar-refractivity contribution >= 4 is 5.97 Å². The van der Waals surface area contributed by atoms with Gasteiger partial charge in [0.2, 0.25) is 0 Å². The number of benzene rings is 1. The van der Waals surface area contributed by atoms with Crippen molar-refractivity contribution in [3.63, 3.8) is 0 Å². The zero-order valence-electron chi connectivity index (χ0n) is 8.43. The van der Waals surface area contributed by atoms with Crippen LogP contribution in [0.15, 0.2) is 30.3 Å². The number of hydrogen-bond donors (Lipinski definition) is 1. The number of aliphatic carboxylic acids is 1. The quantitative estimate of drug-likeness (QED) is 0.803. The molecule has 1 aliphatic carbocycles.